The summed E-state index contributed by atoms with van der Waals surface area (Å²) in [6.07, 6.45) is -0.0265. The van der Waals surface area contributed by atoms with Crippen LogP contribution >= 0.6 is 7.60 Å². The number of rotatable bonds is 4. The van der Waals surface area contributed by atoms with Gasteiger partial charge in [-0.3, -0.25) is 4.57 Å². The highest BCUT2D eigenvalue weighted by Gasteiger charge is 2.62. The van der Waals surface area contributed by atoms with Crippen molar-refractivity contribution in [1.29, 1.82) is 0 Å². The first-order valence-corrected chi connectivity index (χ1v) is 7.13. The molecule has 4 atom stereocenters. The molecular formula is C9H17O6P. The molecule has 1 N–H and O–H groups in total. The molecule has 2 aliphatic heterocycles. The molecule has 2 bridgehead atoms. The van der Waals surface area contributed by atoms with Crippen LogP contribution in [0, 0.1) is 0 Å². The van der Waals surface area contributed by atoms with Crippen molar-refractivity contribution in [3.05, 3.63) is 0 Å². The van der Waals surface area contributed by atoms with Crippen LogP contribution in [0.5, 0.6) is 0 Å². The lowest BCUT2D eigenvalue weighted by Crippen LogP contribution is -2.47. The molecule has 0 radical (unpaired) electrons. The van der Waals surface area contributed by atoms with Gasteiger partial charge in [0, 0.05) is 20.2 Å². The lowest BCUT2D eigenvalue weighted by molar-refractivity contribution is -0.144. The summed E-state index contributed by atoms with van der Waals surface area (Å²) >= 11 is 0. The van der Waals surface area contributed by atoms with Crippen molar-refractivity contribution < 1.29 is 28.2 Å². The fraction of sp³-hybridized carbons (Fsp3) is 1.00. The largest absolute Gasteiger partial charge is 0.381 e. The van der Waals surface area contributed by atoms with Gasteiger partial charge in [-0.2, -0.15) is 0 Å². The average Bonchev–Trinajstić information content (AvgIpc) is 2.53. The monoisotopic (exact) mass is 252 g/mol. The standard InChI is InChI=1S/C9H17O6P/c1-8-4-7(14-16(3,10)11)9(15-8,5-12-2)6-13-8/h7H,4-6H2,1-3H3,(H,10,11)/t7?,8-,9-/m0/s1. The Labute approximate surface area is 94.4 Å². The van der Waals surface area contributed by atoms with Crippen LogP contribution in [0.4, 0.5) is 0 Å². The van der Waals surface area contributed by atoms with Crippen LogP contribution in [0.25, 0.3) is 0 Å². The van der Waals surface area contributed by atoms with Crippen LogP contribution in [-0.2, 0) is 23.3 Å². The maximum atomic E-state index is 11.3. The van der Waals surface area contributed by atoms with Gasteiger partial charge in [-0.25, -0.2) is 0 Å². The van der Waals surface area contributed by atoms with Crippen LogP contribution in [0.1, 0.15) is 13.3 Å². The van der Waals surface area contributed by atoms with Gasteiger partial charge in [0.05, 0.1) is 13.2 Å². The molecule has 2 unspecified atom stereocenters. The SMILES string of the molecule is COC[C@]12CO[C@](C)(CC1OP(C)(=O)O)O2. The van der Waals surface area contributed by atoms with E-state index in [0.29, 0.717) is 13.0 Å². The molecule has 0 spiro atoms. The highest BCUT2D eigenvalue weighted by molar-refractivity contribution is 7.51. The van der Waals surface area contributed by atoms with Gasteiger partial charge in [-0.15, -0.1) is 0 Å². The molecule has 7 heteroatoms. The molecule has 0 aromatic carbocycles. The third kappa shape index (κ3) is 2.18. The van der Waals surface area contributed by atoms with E-state index in [1.807, 2.05) is 0 Å². The highest BCUT2D eigenvalue weighted by atomic mass is 31.2. The van der Waals surface area contributed by atoms with Crippen molar-refractivity contribution in [2.45, 2.75) is 30.8 Å². The van der Waals surface area contributed by atoms with Gasteiger partial charge in [0.25, 0.3) is 0 Å². The summed E-state index contributed by atoms with van der Waals surface area (Å²) in [5.41, 5.74) is -0.752. The summed E-state index contributed by atoms with van der Waals surface area (Å²) in [6.45, 7) is 3.57. The van der Waals surface area contributed by atoms with E-state index < -0.39 is 25.1 Å². The summed E-state index contributed by atoms with van der Waals surface area (Å²) in [5, 5.41) is 0. The number of hydrogen-bond acceptors (Lipinski definition) is 5. The van der Waals surface area contributed by atoms with Crippen LogP contribution in [-0.4, -0.2) is 49.4 Å². The molecule has 2 aliphatic rings. The zero-order valence-corrected chi connectivity index (χ0v) is 10.5. The molecule has 2 fully saturated rings. The first-order valence-electron chi connectivity index (χ1n) is 5.10. The minimum Gasteiger partial charge on any atom is -0.381 e. The second-order valence-corrected chi connectivity index (χ2v) is 6.44. The Hall–Kier alpha value is 0.0300. The topological polar surface area (TPSA) is 74.2 Å². The second-order valence-electron chi connectivity index (χ2n) is 4.62. The van der Waals surface area contributed by atoms with Crippen LogP contribution in [0.3, 0.4) is 0 Å². The van der Waals surface area contributed by atoms with Crippen molar-refractivity contribution in [3.63, 3.8) is 0 Å². The summed E-state index contributed by atoms with van der Waals surface area (Å²) < 4.78 is 32.8. The Morgan fingerprint density at radius 3 is 2.81 bits per heavy atom. The number of fused-ring (bicyclic) bond motifs is 2. The van der Waals surface area contributed by atoms with Crippen molar-refractivity contribution in [3.8, 4) is 0 Å². The van der Waals surface area contributed by atoms with Gasteiger partial charge in [0.15, 0.2) is 5.79 Å². The zero-order chi connectivity index (χ0) is 12.0. The molecule has 2 saturated heterocycles. The fourth-order valence-corrected chi connectivity index (χ4v) is 3.06. The van der Waals surface area contributed by atoms with E-state index >= 15 is 0 Å². The molecule has 16 heavy (non-hydrogen) atoms. The smallest absolute Gasteiger partial charge is 0.325 e. The van der Waals surface area contributed by atoms with Crippen molar-refractivity contribution >= 4 is 7.60 Å². The molecular weight excluding hydrogens is 235 g/mol. The van der Waals surface area contributed by atoms with Gasteiger partial charge >= 0.3 is 7.60 Å². The maximum Gasteiger partial charge on any atom is 0.325 e. The minimum atomic E-state index is -3.53. The molecule has 0 aliphatic carbocycles. The molecule has 0 saturated carbocycles. The number of methoxy groups -OCH3 is 1. The summed E-state index contributed by atoms with van der Waals surface area (Å²) in [5.74, 6) is -0.724. The Morgan fingerprint density at radius 1 is 1.62 bits per heavy atom. The zero-order valence-electron chi connectivity index (χ0n) is 9.63. The van der Waals surface area contributed by atoms with Crippen LogP contribution in [0.2, 0.25) is 0 Å². The Kier molecular flexibility index (Phi) is 2.94. The lowest BCUT2D eigenvalue weighted by Gasteiger charge is -2.31. The minimum absolute atomic E-state index is 0.285. The van der Waals surface area contributed by atoms with Crippen LogP contribution in [0.15, 0.2) is 0 Å². The molecule has 0 aromatic rings. The third-order valence-corrected chi connectivity index (χ3v) is 3.54. The van der Waals surface area contributed by atoms with E-state index in [2.05, 4.69) is 0 Å². The van der Waals surface area contributed by atoms with Gasteiger partial charge in [0.2, 0.25) is 0 Å². The molecule has 0 aromatic heterocycles. The lowest BCUT2D eigenvalue weighted by atomic mass is 9.95. The molecule has 6 nitrogen and oxygen atoms in total. The normalized spacial score (nSPS) is 45.9. The van der Waals surface area contributed by atoms with Gasteiger partial charge in [0.1, 0.15) is 11.7 Å². The van der Waals surface area contributed by atoms with Gasteiger partial charge in [-0.1, -0.05) is 0 Å². The Morgan fingerprint density at radius 2 is 2.31 bits per heavy atom. The van der Waals surface area contributed by atoms with Crippen molar-refractivity contribution in [1.82, 2.24) is 0 Å². The van der Waals surface area contributed by atoms with E-state index in [-0.39, 0.29) is 6.61 Å². The van der Waals surface area contributed by atoms with E-state index in [1.165, 1.54) is 6.66 Å². The van der Waals surface area contributed by atoms with E-state index in [1.54, 1.807) is 14.0 Å². The predicted molar refractivity (Wildman–Crippen MR) is 55.3 cm³/mol. The first-order chi connectivity index (χ1) is 7.29. The van der Waals surface area contributed by atoms with E-state index in [4.69, 9.17) is 18.7 Å². The maximum absolute atomic E-state index is 11.3. The Balaban J connectivity index is 2.17. The molecule has 0 amide bonds. The summed E-state index contributed by atoms with van der Waals surface area (Å²) in [4.78, 5) is 9.27. The number of ether oxygens (including phenoxy) is 3. The predicted octanol–water partition coefficient (Wildman–Crippen LogP) is 0.739. The van der Waals surface area contributed by atoms with Crippen molar-refractivity contribution in [2.24, 2.45) is 0 Å². The summed E-state index contributed by atoms with van der Waals surface area (Å²) in [7, 11) is -1.98. The molecule has 2 heterocycles. The van der Waals surface area contributed by atoms with Gasteiger partial charge < -0.3 is 23.6 Å². The van der Waals surface area contributed by atoms with Crippen molar-refractivity contribution in [2.75, 3.05) is 27.0 Å². The first kappa shape index (κ1) is 12.5. The van der Waals surface area contributed by atoms with E-state index in [0.717, 1.165) is 0 Å². The quantitative estimate of drug-likeness (QED) is 0.744. The van der Waals surface area contributed by atoms with Gasteiger partial charge in [-0.05, 0) is 6.92 Å². The number of hydrogen-bond donors (Lipinski definition) is 1. The fourth-order valence-electron chi connectivity index (χ4n) is 2.32. The highest BCUT2D eigenvalue weighted by Crippen LogP contribution is 2.52. The molecule has 94 valence electrons. The van der Waals surface area contributed by atoms with E-state index in [9.17, 15) is 9.46 Å². The molecule has 2 rings (SSSR count). The second kappa shape index (κ2) is 3.77. The van der Waals surface area contributed by atoms with Crippen LogP contribution < -0.4 is 0 Å². The average molecular weight is 252 g/mol. The third-order valence-electron chi connectivity index (χ3n) is 2.90. The summed E-state index contributed by atoms with van der Waals surface area (Å²) in [6, 6.07) is 0. The Bertz CT molecular complexity index is 324.